The van der Waals surface area contributed by atoms with Crippen LogP contribution in [0, 0.1) is 12.3 Å². The van der Waals surface area contributed by atoms with Gasteiger partial charge < -0.3 is 21.1 Å². The van der Waals surface area contributed by atoms with Gasteiger partial charge in [-0.1, -0.05) is 26.0 Å². The van der Waals surface area contributed by atoms with Gasteiger partial charge in [0.2, 0.25) is 0 Å². The molecule has 0 bridgehead atoms. The Labute approximate surface area is 211 Å². The van der Waals surface area contributed by atoms with E-state index < -0.39 is 0 Å². The number of hydrogen-bond acceptors (Lipinski definition) is 6. The second kappa shape index (κ2) is 14.9. The Hall–Kier alpha value is -3.20. The fraction of sp³-hybridized carbons (Fsp3) is 0.370. The molecule has 1 amide bonds. The van der Waals surface area contributed by atoms with E-state index in [9.17, 15) is 4.79 Å². The number of carbonyl (C=O) groups excluding carboxylic acids is 1. The van der Waals surface area contributed by atoms with Crippen molar-refractivity contribution in [2.24, 2.45) is 10.7 Å². The van der Waals surface area contributed by atoms with E-state index in [0.717, 1.165) is 53.1 Å². The topological polar surface area (TPSA) is 102 Å². The van der Waals surface area contributed by atoms with Crippen molar-refractivity contribution in [1.82, 2.24) is 10.3 Å². The van der Waals surface area contributed by atoms with Crippen LogP contribution in [0.15, 0.2) is 41.5 Å². The standard InChI is InChI=1S/C23H30N5O2P.C4H6/c1-3-20(31)28-23(29)17-6-4-5-16(11-17)12-26-22-18-8-10-30-21(18)19(13-27-22)15(2)7-9-25-14-24;1-3-4-2/h4-7,9,11,13,20H,3,8,10,12,14,24,31H2,1-2H3,(H,26,27)(H,28,29);1H,4H2,2H3/b15-7+,25-9-;. The fourth-order valence-electron chi connectivity index (χ4n) is 3.30. The molecule has 4 N–H and O–H groups in total. The Balaban J connectivity index is 0.00000100. The maximum absolute atomic E-state index is 12.4. The van der Waals surface area contributed by atoms with Crippen molar-refractivity contribution < 1.29 is 9.53 Å². The largest absolute Gasteiger partial charge is 0.492 e. The predicted molar refractivity (Wildman–Crippen MR) is 149 cm³/mol. The molecule has 1 aromatic heterocycles. The summed E-state index contributed by atoms with van der Waals surface area (Å²) in [4.78, 5) is 21.1. The minimum Gasteiger partial charge on any atom is -0.492 e. The lowest BCUT2D eigenvalue weighted by molar-refractivity contribution is 0.0949. The molecule has 1 aliphatic heterocycles. The molecule has 8 heteroatoms. The minimum atomic E-state index is -0.0686. The zero-order valence-electron chi connectivity index (χ0n) is 20.8. The Morgan fingerprint density at radius 2 is 2.20 bits per heavy atom. The molecule has 2 aromatic rings. The molecule has 0 spiro atoms. The first-order chi connectivity index (χ1) is 16.9. The van der Waals surface area contributed by atoms with Crippen molar-refractivity contribution in [3.8, 4) is 18.1 Å². The van der Waals surface area contributed by atoms with E-state index in [4.69, 9.17) is 16.9 Å². The number of carbonyl (C=O) groups is 1. The first-order valence-electron chi connectivity index (χ1n) is 11.8. The number of aliphatic imine (C=N–C) groups is 1. The number of hydrogen-bond donors (Lipinski definition) is 3. The van der Waals surface area contributed by atoms with Crippen molar-refractivity contribution in [3.63, 3.8) is 0 Å². The number of terminal acetylenes is 1. The number of anilines is 1. The number of aromatic nitrogens is 1. The second-order valence-corrected chi connectivity index (χ2v) is 8.70. The summed E-state index contributed by atoms with van der Waals surface area (Å²) in [7, 11) is 2.64. The maximum Gasteiger partial charge on any atom is 0.251 e. The number of amides is 1. The van der Waals surface area contributed by atoms with Gasteiger partial charge in [-0.05, 0) is 42.7 Å². The summed E-state index contributed by atoms with van der Waals surface area (Å²) in [6.07, 6.45) is 12.7. The summed E-state index contributed by atoms with van der Waals surface area (Å²) in [5, 5.41) is 6.38. The molecule has 1 aliphatic rings. The highest BCUT2D eigenvalue weighted by Gasteiger charge is 2.22. The van der Waals surface area contributed by atoms with Crippen LogP contribution in [0.3, 0.4) is 0 Å². The normalized spacial score (nSPS) is 13.2. The van der Waals surface area contributed by atoms with Gasteiger partial charge in [0.1, 0.15) is 11.6 Å². The highest BCUT2D eigenvalue weighted by molar-refractivity contribution is 7.17. The zero-order chi connectivity index (χ0) is 25.6. The Morgan fingerprint density at radius 1 is 1.43 bits per heavy atom. The maximum atomic E-state index is 12.4. The van der Waals surface area contributed by atoms with Crippen LogP contribution in [0.4, 0.5) is 5.82 Å². The Kier molecular flexibility index (Phi) is 12.0. The first kappa shape index (κ1) is 28.0. The van der Waals surface area contributed by atoms with Crippen LogP contribution >= 0.6 is 9.24 Å². The monoisotopic (exact) mass is 493 g/mol. The van der Waals surface area contributed by atoms with Gasteiger partial charge >= 0.3 is 0 Å². The van der Waals surface area contributed by atoms with E-state index in [1.165, 1.54) is 0 Å². The van der Waals surface area contributed by atoms with Crippen LogP contribution in [0.1, 0.15) is 60.7 Å². The third kappa shape index (κ3) is 8.51. The van der Waals surface area contributed by atoms with Gasteiger partial charge in [-0.15, -0.1) is 21.6 Å². The Morgan fingerprint density at radius 3 is 2.89 bits per heavy atom. The highest BCUT2D eigenvalue weighted by atomic mass is 31.0. The molecule has 0 aliphatic carbocycles. The molecular weight excluding hydrogens is 457 g/mol. The summed E-state index contributed by atoms with van der Waals surface area (Å²) < 4.78 is 5.90. The van der Waals surface area contributed by atoms with Crippen molar-refractivity contribution in [2.75, 3.05) is 18.6 Å². The summed E-state index contributed by atoms with van der Waals surface area (Å²) in [5.41, 5.74) is 10.1. The molecular formula is C27H36N5O2P. The van der Waals surface area contributed by atoms with Crippen LogP contribution in [0.5, 0.6) is 5.75 Å². The van der Waals surface area contributed by atoms with E-state index in [1.807, 2.05) is 57.3 Å². The average Bonchev–Trinajstić information content (AvgIpc) is 3.38. The van der Waals surface area contributed by atoms with Crippen LogP contribution in [0.2, 0.25) is 0 Å². The van der Waals surface area contributed by atoms with Crippen molar-refractivity contribution in [3.05, 3.63) is 58.8 Å². The molecule has 1 aromatic carbocycles. The minimum absolute atomic E-state index is 0.0682. The number of nitrogens with two attached hydrogens (primary N) is 1. The quantitative estimate of drug-likeness (QED) is 0.273. The lowest BCUT2D eigenvalue weighted by atomic mass is 10.0. The SMILES string of the molecule is C#CCC.CCC(P)NC(=O)c1cccc(CNc2ncc(/C(C)=C/C=N\CN)c3c2CCO3)c1. The van der Waals surface area contributed by atoms with Crippen molar-refractivity contribution in [2.45, 2.75) is 52.4 Å². The number of pyridine rings is 1. The number of rotatable bonds is 9. The number of nitrogens with one attached hydrogen (secondary N) is 2. The molecule has 3 rings (SSSR count). The van der Waals surface area contributed by atoms with E-state index in [-0.39, 0.29) is 18.4 Å². The van der Waals surface area contributed by atoms with Crippen LogP contribution in [0.25, 0.3) is 5.57 Å². The second-order valence-electron chi connectivity index (χ2n) is 7.89. The van der Waals surface area contributed by atoms with Gasteiger partial charge in [-0.2, -0.15) is 0 Å². The van der Waals surface area contributed by atoms with Gasteiger partial charge in [-0.3, -0.25) is 9.79 Å². The number of fused-ring (bicyclic) bond motifs is 1. The molecule has 7 nitrogen and oxygen atoms in total. The molecule has 2 atom stereocenters. The molecule has 2 unspecified atom stereocenters. The van der Waals surface area contributed by atoms with E-state index in [2.05, 4.69) is 35.8 Å². The average molecular weight is 494 g/mol. The zero-order valence-corrected chi connectivity index (χ0v) is 22.0. The third-order valence-electron chi connectivity index (χ3n) is 5.30. The summed E-state index contributed by atoms with van der Waals surface area (Å²) in [5.74, 6) is 4.11. The van der Waals surface area contributed by atoms with Crippen LogP contribution < -0.4 is 21.1 Å². The number of allylic oxidation sites excluding steroid dienone is 2. The van der Waals surface area contributed by atoms with E-state index >= 15 is 0 Å². The summed E-state index contributed by atoms with van der Waals surface area (Å²) >= 11 is 0. The first-order valence-corrected chi connectivity index (χ1v) is 12.5. The summed E-state index contributed by atoms with van der Waals surface area (Å²) in [6, 6.07) is 7.63. The van der Waals surface area contributed by atoms with Gasteiger partial charge in [0.25, 0.3) is 5.91 Å². The molecule has 0 saturated carbocycles. The molecule has 0 saturated heterocycles. The molecule has 2 heterocycles. The van der Waals surface area contributed by atoms with Gasteiger partial charge in [0, 0.05) is 54.3 Å². The predicted octanol–water partition coefficient (Wildman–Crippen LogP) is 4.39. The molecule has 186 valence electrons. The Bertz CT molecular complexity index is 1090. The van der Waals surface area contributed by atoms with Crippen molar-refractivity contribution in [1.29, 1.82) is 0 Å². The molecule has 0 radical (unpaired) electrons. The molecule has 35 heavy (non-hydrogen) atoms. The number of nitrogens with zero attached hydrogens (tertiary/aromatic N) is 2. The number of benzene rings is 1. The lowest BCUT2D eigenvalue weighted by Crippen LogP contribution is -2.29. The van der Waals surface area contributed by atoms with Gasteiger partial charge in [0.15, 0.2) is 0 Å². The van der Waals surface area contributed by atoms with Crippen LogP contribution in [-0.4, -0.2) is 36.2 Å². The van der Waals surface area contributed by atoms with E-state index in [0.29, 0.717) is 18.7 Å². The van der Waals surface area contributed by atoms with Gasteiger partial charge in [-0.25, -0.2) is 4.98 Å². The third-order valence-corrected chi connectivity index (χ3v) is 5.93. The lowest BCUT2D eigenvalue weighted by Gasteiger charge is -2.14. The van der Waals surface area contributed by atoms with Gasteiger partial charge in [0.05, 0.1) is 13.3 Å². The number of ether oxygens (including phenoxy) is 1. The highest BCUT2D eigenvalue weighted by Crippen LogP contribution is 2.37. The van der Waals surface area contributed by atoms with Crippen LogP contribution in [-0.2, 0) is 13.0 Å². The van der Waals surface area contributed by atoms with Crippen molar-refractivity contribution >= 4 is 32.8 Å². The fourth-order valence-corrected chi connectivity index (χ4v) is 3.45. The van der Waals surface area contributed by atoms with E-state index in [1.54, 1.807) is 6.21 Å². The molecule has 0 fully saturated rings. The summed E-state index contributed by atoms with van der Waals surface area (Å²) in [6.45, 7) is 7.44. The smallest absolute Gasteiger partial charge is 0.251 e.